The topological polar surface area (TPSA) is 142 Å². The summed E-state index contributed by atoms with van der Waals surface area (Å²) in [5, 5.41) is 32.8. The van der Waals surface area contributed by atoms with E-state index < -0.39 is 41.5 Å². The van der Waals surface area contributed by atoms with Crippen LogP contribution in [0.1, 0.15) is 69.1 Å². The Morgan fingerprint density at radius 1 is 0.706 bits per heavy atom. The average Bonchev–Trinajstić information content (AvgIpc) is 4.04. The maximum atomic E-state index is 13.4. The number of unbranched alkanes of at least 4 members (excludes halogenated alkanes) is 3. The van der Waals surface area contributed by atoms with Gasteiger partial charge in [0.1, 0.15) is 0 Å². The molecule has 4 aromatic carbocycles. The van der Waals surface area contributed by atoms with Crippen LogP contribution in [0.2, 0.25) is 23.4 Å². The molecule has 4 heterocycles. The van der Waals surface area contributed by atoms with Gasteiger partial charge in [-0.2, -0.15) is 0 Å². The number of anilines is 4. The number of halogens is 5. The number of hydrogen-bond donors (Lipinski definition) is 4. The molecular formula is C50H51Cl2F2IN6O4S2Sn. The number of pyridine rings is 2. The molecule has 68 heavy (non-hydrogen) atoms. The third-order valence-corrected chi connectivity index (χ3v) is 29.7. The molecular weight excluding hydrogens is 1170 g/mol. The molecule has 0 aliphatic rings. The average molecular weight is 1220 g/mol. The summed E-state index contributed by atoms with van der Waals surface area (Å²) in [7, 11) is 1.58. The van der Waals surface area contributed by atoms with Gasteiger partial charge in [-0.25, -0.2) is 13.8 Å². The summed E-state index contributed by atoms with van der Waals surface area (Å²) in [6, 6.07) is 19.9. The van der Waals surface area contributed by atoms with Crippen molar-refractivity contribution in [1.82, 2.24) is 19.9 Å². The zero-order valence-corrected chi connectivity index (χ0v) is 46.0. The number of thiazole rings is 2. The van der Waals surface area contributed by atoms with Crippen molar-refractivity contribution in [2.45, 2.75) is 72.6 Å². The summed E-state index contributed by atoms with van der Waals surface area (Å²) in [6.45, 7) is 6.86. The molecule has 0 spiro atoms. The first-order valence-corrected chi connectivity index (χ1v) is 33.1. The van der Waals surface area contributed by atoms with E-state index in [0.29, 0.717) is 21.6 Å². The summed E-state index contributed by atoms with van der Waals surface area (Å²) >= 11 is 14.9. The predicted octanol–water partition coefficient (Wildman–Crippen LogP) is 15.7. The van der Waals surface area contributed by atoms with Gasteiger partial charge in [0, 0.05) is 61.2 Å². The number of aldehydes is 1. The Hall–Kier alpha value is -4.40. The molecule has 0 fully saturated rings. The van der Waals surface area contributed by atoms with Gasteiger partial charge >= 0.3 is 132 Å². The molecule has 356 valence electrons. The molecule has 0 unspecified atom stereocenters. The first-order chi connectivity index (χ1) is 32.8. The standard InChI is InChI=1S/C19H13ClFN3O2S.C15H9ClFIN2O.C4H2NOS.3C4H9.Sn/c1-26-19-24-17(9-27-19)10-2-3-11-14(4-5-22-15(11)6-10)23-16-8-18(25)13(21)7-12(16)20;16-10-6-11(17)15(21)7-14(10)20-12-3-4-19-13-5-8(18)1-2-9(12)13;6-3-4-5-1-2-7-4;3*1-3-4-2;/h2-9,25H,1H3,(H,22,23);1-7,21H,(H,19,20);2-3H;3*1,3-4H2,2H3;. The number of aromatic nitrogens is 4. The number of phenolic OH excluding ortho intramolecular Hbond substituents is 2. The number of hydrogen-bond acceptors (Lipinski definition) is 12. The number of aromatic hydroxyl groups is 2. The normalized spacial score (nSPS) is 11.1. The number of carbonyl (C=O) groups excluding carboxylic acids is 1. The molecule has 0 atom stereocenters. The largest absolute Gasteiger partial charge is 0.505 e. The van der Waals surface area contributed by atoms with Crippen LogP contribution in [0, 0.1) is 15.2 Å². The number of rotatable bonds is 17. The molecule has 0 aliphatic carbocycles. The van der Waals surface area contributed by atoms with E-state index in [9.17, 15) is 23.8 Å². The molecule has 0 aliphatic heterocycles. The van der Waals surface area contributed by atoms with Crippen molar-refractivity contribution in [3.05, 3.63) is 126 Å². The third-order valence-electron chi connectivity index (χ3n) is 11.2. The molecule has 0 radical (unpaired) electrons. The Balaban J connectivity index is 0.000000171. The fourth-order valence-corrected chi connectivity index (χ4v) is 26.9. The minimum absolute atomic E-state index is 0.168. The van der Waals surface area contributed by atoms with Gasteiger partial charge in [-0.1, -0.05) is 46.7 Å². The second kappa shape index (κ2) is 25.5. The maximum absolute atomic E-state index is 13.4. The number of phenols is 2. The van der Waals surface area contributed by atoms with Crippen molar-refractivity contribution in [1.29, 1.82) is 0 Å². The van der Waals surface area contributed by atoms with Crippen molar-refractivity contribution in [3.8, 4) is 28.0 Å². The van der Waals surface area contributed by atoms with Gasteiger partial charge in [0.15, 0.2) is 23.1 Å². The number of nitrogens with one attached hydrogen (secondary N) is 2. The Morgan fingerprint density at radius 3 is 1.72 bits per heavy atom. The Morgan fingerprint density at radius 2 is 1.24 bits per heavy atom. The zero-order chi connectivity index (χ0) is 48.8. The summed E-state index contributed by atoms with van der Waals surface area (Å²) < 4.78 is 38.5. The van der Waals surface area contributed by atoms with Crippen LogP contribution < -0.4 is 19.1 Å². The van der Waals surface area contributed by atoms with E-state index in [1.165, 1.54) is 79.0 Å². The fourth-order valence-electron chi connectivity index (χ4n) is 7.58. The molecule has 10 nitrogen and oxygen atoms in total. The monoisotopic (exact) mass is 1220 g/mol. The van der Waals surface area contributed by atoms with Crippen molar-refractivity contribution >= 4 is 141 Å². The second-order valence-corrected chi connectivity index (χ2v) is 32.7. The first kappa shape index (κ1) is 53.0. The number of carbonyl (C=O) groups is 1. The summed E-state index contributed by atoms with van der Waals surface area (Å²) in [6.07, 6.45) is 12.1. The molecule has 0 saturated carbocycles. The van der Waals surface area contributed by atoms with E-state index in [2.05, 4.69) is 74.3 Å². The fraction of sp³-hybridized carbons (Fsp3) is 0.260. The molecule has 4 aromatic heterocycles. The maximum Gasteiger partial charge on any atom is 0.273 e. The van der Waals surface area contributed by atoms with E-state index in [1.54, 1.807) is 43.0 Å². The van der Waals surface area contributed by atoms with Crippen LogP contribution in [-0.4, -0.2) is 61.9 Å². The van der Waals surface area contributed by atoms with Crippen LogP contribution in [0.4, 0.5) is 31.5 Å². The van der Waals surface area contributed by atoms with Crippen molar-refractivity contribution < 1.29 is 28.5 Å². The Kier molecular flexibility index (Phi) is 19.8. The van der Waals surface area contributed by atoms with E-state index in [-0.39, 0.29) is 10.0 Å². The molecule has 0 amide bonds. The quantitative estimate of drug-likeness (QED) is 0.0395. The molecule has 18 heteroatoms. The molecule has 0 bridgehead atoms. The van der Waals surface area contributed by atoms with Crippen LogP contribution in [0.5, 0.6) is 16.7 Å². The van der Waals surface area contributed by atoms with E-state index in [1.807, 2.05) is 41.8 Å². The summed E-state index contributed by atoms with van der Waals surface area (Å²) in [4.78, 5) is 28.8. The molecule has 0 saturated heterocycles. The van der Waals surface area contributed by atoms with E-state index in [0.717, 1.165) is 66.4 Å². The number of methoxy groups -OCH3 is 1. The summed E-state index contributed by atoms with van der Waals surface area (Å²) in [5.41, 5.74) is 5.67. The van der Waals surface area contributed by atoms with Crippen LogP contribution in [0.15, 0.2) is 96.0 Å². The predicted molar refractivity (Wildman–Crippen MR) is 289 cm³/mol. The number of fused-ring (bicyclic) bond motifs is 2. The number of benzene rings is 4. The summed E-state index contributed by atoms with van der Waals surface area (Å²) in [5.74, 6) is -2.44. The van der Waals surface area contributed by atoms with Gasteiger partial charge in [0.2, 0.25) is 0 Å². The van der Waals surface area contributed by atoms with Gasteiger partial charge in [0.25, 0.3) is 5.19 Å². The zero-order valence-electron chi connectivity index (χ0n) is 37.9. The SMILES string of the molecule is CCC[CH2][Sn]([CH2]CCC)([CH2]CCC)[c]1csc(C=O)n1.COc1nc(-c2ccc3c(Nc4cc(O)c(F)cc4Cl)ccnc3c2)cs1.Oc1cc(Nc2ccnc3cc(I)ccc23)c(Cl)cc1F. The van der Waals surface area contributed by atoms with Gasteiger partial charge in [-0.15, -0.1) is 0 Å². The van der Waals surface area contributed by atoms with Crippen molar-refractivity contribution in [3.63, 3.8) is 0 Å². The van der Waals surface area contributed by atoms with Crippen LogP contribution in [0.25, 0.3) is 33.1 Å². The number of ether oxygens (including phenoxy) is 1. The third kappa shape index (κ3) is 13.7. The Bertz CT molecular complexity index is 2960. The van der Waals surface area contributed by atoms with Crippen molar-refractivity contribution in [2.24, 2.45) is 0 Å². The van der Waals surface area contributed by atoms with Gasteiger partial charge in [-0.3, -0.25) is 9.97 Å². The van der Waals surface area contributed by atoms with Crippen molar-refractivity contribution in [2.75, 3.05) is 17.7 Å². The van der Waals surface area contributed by atoms with Gasteiger partial charge in [-0.05, 0) is 71.1 Å². The molecule has 8 rings (SSSR count). The van der Waals surface area contributed by atoms with Gasteiger partial charge in [0.05, 0.1) is 45.3 Å². The second-order valence-electron chi connectivity index (χ2n) is 15.9. The number of nitrogens with zero attached hydrogens (tertiary/aromatic N) is 4. The molecule has 4 N–H and O–H groups in total. The minimum atomic E-state index is -2.36. The first-order valence-electron chi connectivity index (χ1n) is 22.1. The van der Waals surface area contributed by atoms with Crippen LogP contribution in [0.3, 0.4) is 0 Å². The van der Waals surface area contributed by atoms with Crippen LogP contribution in [-0.2, 0) is 0 Å². The molecule has 8 aromatic rings. The van der Waals surface area contributed by atoms with E-state index in [4.69, 9.17) is 32.9 Å². The van der Waals surface area contributed by atoms with Gasteiger partial charge < -0.3 is 25.6 Å². The van der Waals surface area contributed by atoms with Crippen LogP contribution >= 0.6 is 68.5 Å². The minimum Gasteiger partial charge on any atom is -0.505 e. The Labute approximate surface area is 430 Å². The smallest absolute Gasteiger partial charge is 0.273 e. The van der Waals surface area contributed by atoms with E-state index >= 15 is 0 Å².